The molecular formula is C29H29N9O2. The molecule has 11 heteroatoms. The van der Waals surface area contributed by atoms with Crippen LogP contribution in [-0.4, -0.2) is 61.5 Å². The maximum Gasteiger partial charge on any atom is 0.247 e. The van der Waals surface area contributed by atoms with Crippen molar-refractivity contribution in [2.75, 3.05) is 41.8 Å². The number of aryl methyl sites for hydroxylation is 1. The zero-order chi connectivity index (χ0) is 27.5. The Bertz CT molecular complexity index is 1670. The third kappa shape index (κ3) is 5.27. The molecule has 1 saturated heterocycles. The minimum absolute atomic E-state index is 0.237. The number of morpholine rings is 1. The SMILES string of the molecule is C=CC(=O)Nc1cccc(-c2ccc(CNc3nc(N4CCOCC4)nc4c3ncn4-c3cnn(C)c3)cc2)c1. The van der Waals surface area contributed by atoms with Gasteiger partial charge in [-0.05, 0) is 34.9 Å². The maximum absolute atomic E-state index is 11.7. The average Bonchev–Trinajstić information content (AvgIpc) is 3.62. The number of rotatable bonds is 8. The number of carbonyl (C=O) groups excluding carboxylic acids is 1. The van der Waals surface area contributed by atoms with E-state index in [-0.39, 0.29) is 5.91 Å². The normalized spacial score (nSPS) is 13.4. The smallest absolute Gasteiger partial charge is 0.247 e. The molecule has 5 aromatic rings. The first kappa shape index (κ1) is 25.3. The molecule has 0 aliphatic carbocycles. The lowest BCUT2D eigenvalue weighted by atomic mass is 10.0. The van der Waals surface area contributed by atoms with E-state index in [1.54, 1.807) is 17.2 Å². The van der Waals surface area contributed by atoms with E-state index < -0.39 is 0 Å². The molecule has 2 N–H and O–H groups in total. The molecular weight excluding hydrogens is 506 g/mol. The van der Waals surface area contributed by atoms with Gasteiger partial charge in [-0.15, -0.1) is 0 Å². The highest BCUT2D eigenvalue weighted by Gasteiger charge is 2.20. The van der Waals surface area contributed by atoms with Gasteiger partial charge in [0.25, 0.3) is 0 Å². The van der Waals surface area contributed by atoms with Crippen molar-refractivity contribution < 1.29 is 9.53 Å². The summed E-state index contributed by atoms with van der Waals surface area (Å²) < 4.78 is 9.21. The topological polar surface area (TPSA) is 115 Å². The molecule has 3 aromatic heterocycles. The summed E-state index contributed by atoms with van der Waals surface area (Å²) in [5.41, 5.74) is 6.16. The summed E-state index contributed by atoms with van der Waals surface area (Å²) in [4.78, 5) is 28.2. The lowest BCUT2D eigenvalue weighted by molar-refractivity contribution is -0.111. The predicted molar refractivity (Wildman–Crippen MR) is 154 cm³/mol. The molecule has 6 rings (SSSR count). The van der Waals surface area contributed by atoms with Crippen molar-refractivity contribution in [3.63, 3.8) is 0 Å². The summed E-state index contributed by atoms with van der Waals surface area (Å²) in [6, 6.07) is 16.0. The Morgan fingerprint density at radius 2 is 1.93 bits per heavy atom. The molecule has 11 nitrogen and oxygen atoms in total. The van der Waals surface area contributed by atoms with Crippen molar-refractivity contribution in [1.29, 1.82) is 0 Å². The van der Waals surface area contributed by atoms with Crippen LogP contribution in [0.4, 0.5) is 17.5 Å². The summed E-state index contributed by atoms with van der Waals surface area (Å²) in [6.07, 6.45) is 6.73. The predicted octanol–water partition coefficient (Wildman–Crippen LogP) is 3.79. The third-order valence-corrected chi connectivity index (χ3v) is 6.71. The molecule has 1 aliphatic heterocycles. The molecule has 202 valence electrons. The number of aromatic nitrogens is 6. The number of hydrogen-bond acceptors (Lipinski definition) is 8. The zero-order valence-electron chi connectivity index (χ0n) is 22.1. The van der Waals surface area contributed by atoms with Crippen LogP contribution in [0.5, 0.6) is 0 Å². The molecule has 0 bridgehead atoms. The molecule has 0 radical (unpaired) electrons. The number of imidazole rings is 1. The van der Waals surface area contributed by atoms with Crippen LogP contribution in [0.25, 0.3) is 28.0 Å². The van der Waals surface area contributed by atoms with E-state index >= 15 is 0 Å². The Balaban J connectivity index is 1.25. The van der Waals surface area contributed by atoms with E-state index in [0.717, 1.165) is 41.2 Å². The first-order chi connectivity index (χ1) is 19.6. The second kappa shape index (κ2) is 11.0. The highest BCUT2D eigenvalue weighted by atomic mass is 16.5. The maximum atomic E-state index is 11.7. The van der Waals surface area contributed by atoms with E-state index in [4.69, 9.17) is 14.7 Å². The van der Waals surface area contributed by atoms with Gasteiger partial charge in [-0.3, -0.25) is 14.0 Å². The number of nitrogens with zero attached hydrogens (tertiary/aromatic N) is 7. The van der Waals surface area contributed by atoms with Crippen LogP contribution in [0.15, 0.2) is 79.9 Å². The quantitative estimate of drug-likeness (QED) is 0.289. The fraction of sp³-hybridized carbons (Fsp3) is 0.207. The van der Waals surface area contributed by atoms with Crippen molar-refractivity contribution in [3.05, 3.63) is 85.5 Å². The number of anilines is 3. The number of nitrogens with one attached hydrogen (secondary N) is 2. The second-order valence-electron chi connectivity index (χ2n) is 9.46. The average molecular weight is 536 g/mol. The van der Waals surface area contributed by atoms with Gasteiger partial charge >= 0.3 is 0 Å². The zero-order valence-corrected chi connectivity index (χ0v) is 22.1. The van der Waals surface area contributed by atoms with Crippen molar-refractivity contribution in [2.24, 2.45) is 7.05 Å². The molecule has 0 spiro atoms. The Morgan fingerprint density at radius 3 is 2.67 bits per heavy atom. The van der Waals surface area contributed by atoms with Gasteiger partial charge in [-0.1, -0.05) is 43.0 Å². The van der Waals surface area contributed by atoms with Crippen LogP contribution in [0, 0.1) is 0 Å². The summed E-state index contributed by atoms with van der Waals surface area (Å²) in [7, 11) is 1.88. The van der Waals surface area contributed by atoms with E-state index in [1.807, 2.05) is 42.1 Å². The monoisotopic (exact) mass is 535 g/mol. The number of ether oxygens (including phenoxy) is 1. The van der Waals surface area contributed by atoms with Crippen molar-refractivity contribution in [2.45, 2.75) is 6.54 Å². The first-order valence-corrected chi connectivity index (χ1v) is 13.0. The standard InChI is InChI=1S/C29H29N9O2/c1-3-25(39)33-23-6-4-5-22(15-23)21-9-7-20(8-10-21)16-30-27-26-28(35-29(34-27)37-11-13-40-14-12-37)38(19-31-26)24-17-32-36(2)18-24/h3-10,15,17-19H,1,11-14,16H2,2H3,(H,33,39)(H,30,34,35). The van der Waals surface area contributed by atoms with Crippen LogP contribution < -0.4 is 15.5 Å². The third-order valence-electron chi connectivity index (χ3n) is 6.71. The van der Waals surface area contributed by atoms with Crippen molar-refractivity contribution in [3.8, 4) is 16.8 Å². The molecule has 2 aromatic carbocycles. The Hall–Kier alpha value is -5.03. The molecule has 0 atom stereocenters. The Morgan fingerprint density at radius 1 is 1.10 bits per heavy atom. The minimum atomic E-state index is -0.237. The van der Waals surface area contributed by atoms with Crippen LogP contribution >= 0.6 is 0 Å². The van der Waals surface area contributed by atoms with Gasteiger partial charge in [0.15, 0.2) is 17.0 Å². The Kier molecular flexibility index (Phi) is 6.94. The first-order valence-electron chi connectivity index (χ1n) is 13.0. The fourth-order valence-electron chi connectivity index (χ4n) is 4.61. The summed E-state index contributed by atoms with van der Waals surface area (Å²) in [5, 5.41) is 10.6. The van der Waals surface area contributed by atoms with Crippen LogP contribution in [0.2, 0.25) is 0 Å². The Labute approximate surface area is 231 Å². The van der Waals surface area contributed by atoms with Gasteiger partial charge in [0, 0.05) is 38.6 Å². The fourth-order valence-corrected chi connectivity index (χ4v) is 4.61. The van der Waals surface area contributed by atoms with E-state index in [1.165, 1.54) is 6.08 Å². The van der Waals surface area contributed by atoms with Gasteiger partial charge in [0.05, 0.1) is 25.1 Å². The summed E-state index contributed by atoms with van der Waals surface area (Å²) >= 11 is 0. The number of carbonyl (C=O) groups is 1. The largest absolute Gasteiger partial charge is 0.378 e. The summed E-state index contributed by atoms with van der Waals surface area (Å²) in [5.74, 6) is 1.08. The molecule has 1 fully saturated rings. The highest BCUT2D eigenvalue weighted by molar-refractivity contribution is 5.99. The lowest BCUT2D eigenvalue weighted by Crippen LogP contribution is -2.37. The second-order valence-corrected chi connectivity index (χ2v) is 9.46. The number of amides is 1. The minimum Gasteiger partial charge on any atom is -0.378 e. The van der Waals surface area contributed by atoms with Crippen LogP contribution in [0.1, 0.15) is 5.56 Å². The molecule has 1 aliphatic rings. The lowest BCUT2D eigenvalue weighted by Gasteiger charge is -2.27. The molecule has 4 heterocycles. The van der Waals surface area contributed by atoms with Crippen molar-refractivity contribution in [1.82, 2.24) is 29.3 Å². The van der Waals surface area contributed by atoms with Gasteiger partial charge in [-0.2, -0.15) is 15.1 Å². The number of benzene rings is 2. The highest BCUT2D eigenvalue weighted by Crippen LogP contribution is 2.27. The summed E-state index contributed by atoms with van der Waals surface area (Å²) in [6.45, 7) is 6.80. The van der Waals surface area contributed by atoms with E-state index in [0.29, 0.717) is 42.7 Å². The van der Waals surface area contributed by atoms with Gasteiger partial charge in [0.2, 0.25) is 11.9 Å². The van der Waals surface area contributed by atoms with Crippen molar-refractivity contribution >= 4 is 34.5 Å². The van der Waals surface area contributed by atoms with Gasteiger partial charge in [-0.25, -0.2) is 4.98 Å². The van der Waals surface area contributed by atoms with Gasteiger partial charge < -0.3 is 20.3 Å². The number of hydrogen-bond donors (Lipinski definition) is 2. The molecule has 0 unspecified atom stereocenters. The van der Waals surface area contributed by atoms with Crippen LogP contribution in [-0.2, 0) is 23.1 Å². The number of fused-ring (bicyclic) bond motifs is 1. The van der Waals surface area contributed by atoms with Crippen LogP contribution in [0.3, 0.4) is 0 Å². The van der Waals surface area contributed by atoms with Gasteiger partial charge in [0.1, 0.15) is 6.33 Å². The molecule has 1 amide bonds. The molecule has 40 heavy (non-hydrogen) atoms. The van der Waals surface area contributed by atoms with E-state index in [9.17, 15) is 4.79 Å². The molecule has 0 saturated carbocycles. The van der Waals surface area contributed by atoms with E-state index in [2.05, 4.69) is 56.5 Å².